The Kier molecular flexibility index (Phi) is 7.36. The quantitative estimate of drug-likeness (QED) is 0.420. The molecule has 0 bridgehead atoms. The highest BCUT2D eigenvalue weighted by atomic mass is 79.9. The van der Waals surface area contributed by atoms with Gasteiger partial charge in [0.05, 0.1) is 11.6 Å². The Bertz CT molecular complexity index is 1390. The molecule has 0 radical (unpaired) electrons. The number of pyridine rings is 1. The lowest BCUT2D eigenvalue weighted by Gasteiger charge is -2.22. The number of aromatic nitrogens is 1. The van der Waals surface area contributed by atoms with Crippen molar-refractivity contribution in [2.24, 2.45) is 10.9 Å². The maximum Gasteiger partial charge on any atom is 0.254 e. The number of amides is 2. The molecule has 8 heteroatoms. The Morgan fingerprint density at radius 3 is 2.53 bits per heavy atom. The number of aliphatic imine (C=N–C) groups is 1. The molecule has 2 amide bonds. The molecule has 0 saturated heterocycles. The SMILES string of the molecule is CC1=CC(C)=NC(=O)C1CNC(=O)c1cc2cc(Br)cn2c(C(C)Oc2ccc(N(C)C)cc2)c1C. The number of halogens is 1. The summed E-state index contributed by atoms with van der Waals surface area (Å²) in [4.78, 5) is 31.8. The van der Waals surface area contributed by atoms with Gasteiger partial charge in [0.2, 0.25) is 0 Å². The lowest BCUT2D eigenvalue weighted by atomic mass is 9.95. The van der Waals surface area contributed by atoms with E-state index in [1.807, 2.05) is 92.8 Å². The molecule has 188 valence electrons. The summed E-state index contributed by atoms with van der Waals surface area (Å²) in [6.07, 6.45) is 3.53. The monoisotopic (exact) mass is 550 g/mol. The van der Waals surface area contributed by atoms with Crippen LogP contribution in [0.25, 0.3) is 5.52 Å². The van der Waals surface area contributed by atoms with Gasteiger partial charge in [-0.2, -0.15) is 0 Å². The van der Waals surface area contributed by atoms with Gasteiger partial charge in [-0.05, 0) is 91.7 Å². The van der Waals surface area contributed by atoms with E-state index in [2.05, 4.69) is 26.2 Å². The number of anilines is 1. The number of hydrogen-bond donors (Lipinski definition) is 1. The molecule has 2 aromatic heterocycles. The first-order valence-electron chi connectivity index (χ1n) is 11.9. The van der Waals surface area contributed by atoms with Crippen molar-refractivity contribution in [3.8, 4) is 5.75 Å². The van der Waals surface area contributed by atoms with Crippen LogP contribution in [0.4, 0.5) is 5.69 Å². The van der Waals surface area contributed by atoms with Gasteiger partial charge in [0.1, 0.15) is 11.9 Å². The molecule has 7 nitrogen and oxygen atoms in total. The molecule has 36 heavy (non-hydrogen) atoms. The predicted octanol–water partition coefficient (Wildman–Crippen LogP) is 5.51. The minimum atomic E-state index is -0.448. The first-order chi connectivity index (χ1) is 17.0. The molecule has 3 heterocycles. The Morgan fingerprint density at radius 2 is 1.89 bits per heavy atom. The van der Waals surface area contributed by atoms with E-state index in [0.717, 1.165) is 38.3 Å². The van der Waals surface area contributed by atoms with Crippen LogP contribution in [0, 0.1) is 12.8 Å². The summed E-state index contributed by atoms with van der Waals surface area (Å²) in [5.74, 6) is -0.159. The topological polar surface area (TPSA) is 75.4 Å². The molecule has 1 N–H and O–H groups in total. The summed E-state index contributed by atoms with van der Waals surface area (Å²) in [6, 6.07) is 11.7. The van der Waals surface area contributed by atoms with Crippen LogP contribution in [0.3, 0.4) is 0 Å². The van der Waals surface area contributed by atoms with E-state index < -0.39 is 5.92 Å². The molecule has 2 atom stereocenters. The van der Waals surface area contributed by atoms with Crippen LogP contribution < -0.4 is 15.0 Å². The van der Waals surface area contributed by atoms with Crippen LogP contribution in [-0.4, -0.2) is 42.6 Å². The largest absolute Gasteiger partial charge is 0.484 e. The van der Waals surface area contributed by atoms with Crippen LogP contribution in [0.2, 0.25) is 0 Å². The molecule has 3 aromatic rings. The molecule has 1 aliphatic rings. The summed E-state index contributed by atoms with van der Waals surface area (Å²) in [6.45, 7) is 7.80. The van der Waals surface area contributed by atoms with Gasteiger partial charge in [-0.1, -0.05) is 5.57 Å². The van der Waals surface area contributed by atoms with E-state index in [0.29, 0.717) is 11.3 Å². The van der Waals surface area contributed by atoms with Gasteiger partial charge in [0, 0.05) is 53.8 Å². The zero-order valence-electron chi connectivity index (χ0n) is 21.4. The molecule has 4 rings (SSSR count). The van der Waals surface area contributed by atoms with Crippen molar-refractivity contribution in [1.82, 2.24) is 9.72 Å². The molecule has 1 aromatic carbocycles. The summed E-state index contributed by atoms with van der Waals surface area (Å²) in [5, 5.41) is 2.95. The number of benzene rings is 1. The van der Waals surface area contributed by atoms with Crippen LogP contribution in [0.15, 0.2) is 63.7 Å². The highest BCUT2D eigenvalue weighted by molar-refractivity contribution is 9.10. The number of rotatable bonds is 7. The smallest absolute Gasteiger partial charge is 0.254 e. The number of nitrogens with one attached hydrogen (secondary N) is 1. The zero-order chi connectivity index (χ0) is 26.1. The molecule has 0 spiro atoms. The van der Waals surface area contributed by atoms with Gasteiger partial charge in [-0.25, -0.2) is 4.99 Å². The fourth-order valence-electron chi connectivity index (χ4n) is 4.61. The molecule has 0 aliphatic carbocycles. The Hall–Kier alpha value is -3.39. The highest BCUT2D eigenvalue weighted by Crippen LogP contribution is 2.31. The zero-order valence-corrected chi connectivity index (χ0v) is 23.0. The fourth-order valence-corrected chi connectivity index (χ4v) is 5.05. The number of carbonyl (C=O) groups excluding carboxylic acids is 2. The molecule has 0 fully saturated rings. The van der Waals surface area contributed by atoms with Gasteiger partial charge in [-0.15, -0.1) is 0 Å². The van der Waals surface area contributed by atoms with E-state index in [1.165, 1.54) is 0 Å². The average Bonchev–Trinajstić information content (AvgIpc) is 3.17. The highest BCUT2D eigenvalue weighted by Gasteiger charge is 2.26. The van der Waals surface area contributed by atoms with Gasteiger partial charge in [0.25, 0.3) is 11.8 Å². The molecule has 0 saturated carbocycles. The maximum atomic E-state index is 13.3. The number of dihydropyridines is 1. The van der Waals surface area contributed by atoms with Gasteiger partial charge in [0.15, 0.2) is 0 Å². The number of allylic oxidation sites excluding steroid dienone is 1. The number of hydrogen-bond acceptors (Lipinski definition) is 4. The first-order valence-corrected chi connectivity index (χ1v) is 12.6. The van der Waals surface area contributed by atoms with E-state index in [9.17, 15) is 9.59 Å². The Morgan fingerprint density at radius 1 is 1.19 bits per heavy atom. The van der Waals surface area contributed by atoms with Crippen molar-refractivity contribution >= 4 is 44.7 Å². The minimum Gasteiger partial charge on any atom is -0.484 e. The number of carbonyl (C=O) groups is 2. The second kappa shape index (κ2) is 10.3. The average molecular weight is 551 g/mol. The van der Waals surface area contributed by atoms with E-state index in [4.69, 9.17) is 4.74 Å². The van der Waals surface area contributed by atoms with Crippen molar-refractivity contribution in [3.05, 3.63) is 75.5 Å². The third-order valence-electron chi connectivity index (χ3n) is 6.49. The van der Waals surface area contributed by atoms with Crippen molar-refractivity contribution in [2.45, 2.75) is 33.8 Å². The van der Waals surface area contributed by atoms with Crippen LogP contribution in [0.1, 0.15) is 48.5 Å². The van der Waals surface area contributed by atoms with Gasteiger partial charge in [-0.3, -0.25) is 9.59 Å². The molecule has 1 aliphatic heterocycles. The summed E-state index contributed by atoms with van der Waals surface area (Å²) in [5.41, 5.74) is 5.79. The normalized spacial score (nSPS) is 16.4. The maximum absolute atomic E-state index is 13.3. The Labute approximate surface area is 220 Å². The summed E-state index contributed by atoms with van der Waals surface area (Å²) >= 11 is 3.56. The number of ether oxygens (including phenoxy) is 1. The fraction of sp³-hybridized carbons (Fsp3) is 0.321. The number of fused-ring (bicyclic) bond motifs is 1. The molecular weight excluding hydrogens is 520 g/mol. The predicted molar refractivity (Wildman–Crippen MR) is 147 cm³/mol. The lowest BCUT2D eigenvalue weighted by Crippen LogP contribution is -2.35. The van der Waals surface area contributed by atoms with Crippen molar-refractivity contribution in [2.75, 3.05) is 25.5 Å². The summed E-state index contributed by atoms with van der Waals surface area (Å²) in [7, 11) is 3.99. The van der Waals surface area contributed by atoms with Crippen LogP contribution in [-0.2, 0) is 4.79 Å². The van der Waals surface area contributed by atoms with Crippen molar-refractivity contribution in [3.63, 3.8) is 0 Å². The second-order valence-electron chi connectivity index (χ2n) is 9.41. The van der Waals surface area contributed by atoms with Crippen LogP contribution in [0.5, 0.6) is 5.75 Å². The van der Waals surface area contributed by atoms with E-state index in [-0.39, 0.29) is 24.5 Å². The van der Waals surface area contributed by atoms with Gasteiger partial charge >= 0.3 is 0 Å². The van der Waals surface area contributed by atoms with Gasteiger partial charge < -0.3 is 19.4 Å². The first kappa shape index (κ1) is 25.7. The second-order valence-corrected chi connectivity index (χ2v) is 10.3. The van der Waals surface area contributed by atoms with Crippen molar-refractivity contribution < 1.29 is 14.3 Å². The molecular formula is C28H31BrN4O3. The Balaban J connectivity index is 1.62. The van der Waals surface area contributed by atoms with E-state index in [1.54, 1.807) is 6.92 Å². The van der Waals surface area contributed by atoms with E-state index >= 15 is 0 Å². The molecule has 2 unspecified atom stereocenters. The van der Waals surface area contributed by atoms with Crippen LogP contribution >= 0.6 is 15.9 Å². The van der Waals surface area contributed by atoms with Crippen molar-refractivity contribution in [1.29, 1.82) is 0 Å². The third-order valence-corrected chi connectivity index (χ3v) is 6.92. The standard InChI is InChI=1S/C28H31BrN4O3/c1-16-11-17(2)31-28(35)25(16)14-30-27(34)24-13-22-12-20(29)15-33(22)26(18(24)3)19(4)36-23-9-7-21(8-10-23)32(5)6/h7-13,15,19,25H,14H2,1-6H3,(H,30,34). The third kappa shape index (κ3) is 5.23. The summed E-state index contributed by atoms with van der Waals surface area (Å²) < 4.78 is 9.26. The minimum absolute atomic E-state index is 0.200. The lowest BCUT2D eigenvalue weighted by molar-refractivity contribution is -0.120. The number of nitrogens with zero attached hydrogens (tertiary/aromatic N) is 3.